The summed E-state index contributed by atoms with van der Waals surface area (Å²) in [5.41, 5.74) is -1.16. The van der Waals surface area contributed by atoms with Gasteiger partial charge in [0.15, 0.2) is 0 Å². The molecule has 2 N–H and O–H groups in total. The second-order valence-corrected chi connectivity index (χ2v) is 8.52. The summed E-state index contributed by atoms with van der Waals surface area (Å²) in [7, 11) is 0. The summed E-state index contributed by atoms with van der Waals surface area (Å²) in [5, 5.41) is 4.34. The van der Waals surface area contributed by atoms with E-state index in [1.165, 1.54) is 12.4 Å². The van der Waals surface area contributed by atoms with Crippen LogP contribution in [0, 0.1) is 17.6 Å². The molecule has 2 amide bonds. The van der Waals surface area contributed by atoms with E-state index in [1.54, 1.807) is 6.07 Å². The van der Waals surface area contributed by atoms with Crippen molar-refractivity contribution in [1.82, 2.24) is 9.97 Å². The highest BCUT2D eigenvalue weighted by Crippen LogP contribution is 2.32. The Hall–Kier alpha value is -4.09. The molecule has 194 valence electrons. The first kappa shape index (κ1) is 26.0. The number of aryl methyl sites for hydroxylation is 1. The van der Waals surface area contributed by atoms with Gasteiger partial charge in [0.25, 0.3) is 0 Å². The Morgan fingerprint density at radius 2 is 1.59 bits per heavy atom. The van der Waals surface area contributed by atoms with Crippen molar-refractivity contribution >= 4 is 23.2 Å². The summed E-state index contributed by atoms with van der Waals surface area (Å²) in [4.78, 5) is 32.2. The number of amides is 2. The van der Waals surface area contributed by atoms with Gasteiger partial charge < -0.3 is 15.4 Å². The average molecular weight is 520 g/mol. The van der Waals surface area contributed by atoms with Gasteiger partial charge in [0.05, 0.1) is 5.56 Å². The minimum absolute atomic E-state index is 0.0195. The van der Waals surface area contributed by atoms with Crippen molar-refractivity contribution in [1.29, 1.82) is 0 Å². The van der Waals surface area contributed by atoms with Crippen molar-refractivity contribution in [3.8, 4) is 11.6 Å². The Morgan fingerprint density at radius 3 is 2.27 bits per heavy atom. The number of hydrogen-bond donors (Lipinski definition) is 2. The number of hydrogen-bond acceptors (Lipinski definition) is 5. The van der Waals surface area contributed by atoms with Crippen LogP contribution in [0.2, 0.25) is 0 Å². The molecule has 4 rings (SSSR count). The molecule has 1 saturated carbocycles. The van der Waals surface area contributed by atoms with Crippen LogP contribution in [0.4, 0.5) is 38.1 Å². The predicted molar refractivity (Wildman–Crippen MR) is 123 cm³/mol. The molecule has 1 aliphatic carbocycles. The predicted octanol–water partition coefficient (Wildman–Crippen LogP) is 6.51. The maximum Gasteiger partial charge on any atom is 0.416 e. The van der Waals surface area contributed by atoms with Gasteiger partial charge in [0.2, 0.25) is 5.88 Å². The first-order valence-electron chi connectivity index (χ1n) is 11.3. The first-order chi connectivity index (χ1) is 17.5. The van der Waals surface area contributed by atoms with Crippen molar-refractivity contribution in [2.45, 2.75) is 38.3 Å². The summed E-state index contributed by atoms with van der Waals surface area (Å²) in [6.07, 6.45) is 0.0139. The molecule has 0 aliphatic heterocycles. The smallest absolute Gasteiger partial charge is 0.416 e. The quantitative estimate of drug-likeness (QED) is 0.314. The molecule has 0 saturated heterocycles. The fraction of sp³-hybridized carbons (Fsp3) is 0.280. The van der Waals surface area contributed by atoms with Crippen LogP contribution in [-0.4, -0.2) is 21.8 Å². The van der Waals surface area contributed by atoms with E-state index in [-0.39, 0.29) is 29.0 Å². The van der Waals surface area contributed by atoms with Crippen molar-refractivity contribution in [2.75, 3.05) is 10.6 Å². The third kappa shape index (κ3) is 7.69. The Labute approximate surface area is 208 Å². The van der Waals surface area contributed by atoms with Crippen LogP contribution in [0.1, 0.15) is 36.9 Å². The maximum atomic E-state index is 14.1. The van der Waals surface area contributed by atoms with Gasteiger partial charge in [-0.2, -0.15) is 13.2 Å². The molecule has 12 heteroatoms. The Morgan fingerprint density at radius 1 is 0.919 bits per heavy atom. The second kappa shape index (κ2) is 10.9. The Balaban J connectivity index is 1.38. The van der Waals surface area contributed by atoms with Crippen molar-refractivity contribution in [2.24, 2.45) is 5.92 Å². The molecule has 37 heavy (non-hydrogen) atoms. The summed E-state index contributed by atoms with van der Waals surface area (Å²) in [5.74, 6) is -1.41. The molecular formula is C25H21F5N4O3. The minimum atomic E-state index is -4.81. The molecule has 0 atom stereocenters. The third-order valence-corrected chi connectivity index (χ3v) is 5.42. The lowest BCUT2D eigenvalue weighted by Gasteiger charge is -2.12. The number of urea groups is 1. The van der Waals surface area contributed by atoms with Crippen molar-refractivity contribution in [3.63, 3.8) is 0 Å². The molecule has 1 fully saturated rings. The number of ketones is 1. The number of carbonyl (C=O) groups is 2. The summed E-state index contributed by atoms with van der Waals surface area (Å²) >= 11 is 0. The van der Waals surface area contributed by atoms with Crippen LogP contribution >= 0.6 is 0 Å². The molecular weight excluding hydrogens is 499 g/mol. The van der Waals surface area contributed by atoms with Crippen molar-refractivity contribution < 1.29 is 36.3 Å². The van der Waals surface area contributed by atoms with Crippen molar-refractivity contribution in [3.05, 3.63) is 71.7 Å². The maximum absolute atomic E-state index is 14.1. The number of rotatable bonds is 9. The molecule has 3 aromatic rings. The standard InChI is InChI=1S/C25H21F5N4O3/c26-16-6-15(25(28,29)30)7-19(8-16)33-24(36)34-20-9-17(27)10-21(11-20)37-23-12-18(31-13-32-23)2-1-3-22(35)14-4-5-14/h6-14H,1-5H2,(H2,33,34,36). The van der Waals surface area contributed by atoms with Gasteiger partial charge in [-0.15, -0.1) is 0 Å². The second-order valence-electron chi connectivity index (χ2n) is 8.52. The molecule has 1 aromatic heterocycles. The van der Waals surface area contributed by atoms with Crippen LogP contribution in [-0.2, 0) is 17.4 Å². The van der Waals surface area contributed by atoms with Crippen LogP contribution in [0.5, 0.6) is 11.6 Å². The molecule has 0 unspecified atom stereocenters. The number of benzene rings is 2. The van der Waals surface area contributed by atoms with E-state index in [1.807, 2.05) is 0 Å². The first-order valence-corrected chi connectivity index (χ1v) is 11.3. The van der Waals surface area contributed by atoms with Crippen LogP contribution in [0.15, 0.2) is 48.8 Å². The fourth-order valence-electron chi connectivity index (χ4n) is 3.56. The number of anilines is 2. The lowest BCUT2D eigenvalue weighted by Crippen LogP contribution is -2.20. The van der Waals surface area contributed by atoms with Gasteiger partial charge in [-0.3, -0.25) is 4.79 Å². The largest absolute Gasteiger partial charge is 0.439 e. The number of nitrogens with one attached hydrogen (secondary N) is 2. The lowest BCUT2D eigenvalue weighted by atomic mass is 10.1. The number of alkyl halides is 3. The highest BCUT2D eigenvalue weighted by molar-refractivity contribution is 5.99. The van der Waals surface area contributed by atoms with Gasteiger partial charge >= 0.3 is 12.2 Å². The number of nitrogens with zero attached hydrogens (tertiary/aromatic N) is 2. The summed E-state index contributed by atoms with van der Waals surface area (Å²) < 4.78 is 71.9. The number of Topliss-reactive ketones (excluding diaryl/α,β-unsaturated/α-hetero) is 1. The SMILES string of the molecule is O=C(Nc1cc(F)cc(Oc2cc(CCCC(=O)C3CC3)ncn2)c1)Nc1cc(F)cc(C(F)(F)F)c1. The number of aromatic nitrogens is 2. The normalized spacial score (nSPS) is 13.2. The molecule has 0 radical (unpaired) electrons. The van der Waals surface area contributed by atoms with Gasteiger partial charge in [0, 0.05) is 47.6 Å². The number of ether oxygens (including phenoxy) is 1. The monoisotopic (exact) mass is 520 g/mol. The molecule has 0 bridgehead atoms. The number of halogens is 5. The van der Waals surface area contributed by atoms with Crippen LogP contribution in [0.3, 0.4) is 0 Å². The average Bonchev–Trinajstić information content (AvgIpc) is 3.63. The highest BCUT2D eigenvalue weighted by Gasteiger charge is 2.31. The van der Waals surface area contributed by atoms with Crippen LogP contribution < -0.4 is 15.4 Å². The number of carbonyl (C=O) groups excluding carboxylic acids is 2. The van der Waals surface area contributed by atoms with E-state index in [0.717, 1.165) is 25.0 Å². The topological polar surface area (TPSA) is 93.2 Å². The van der Waals surface area contributed by atoms with Crippen LogP contribution in [0.25, 0.3) is 0 Å². The Kier molecular flexibility index (Phi) is 7.65. The lowest BCUT2D eigenvalue weighted by molar-refractivity contribution is -0.137. The minimum Gasteiger partial charge on any atom is -0.439 e. The zero-order valence-electron chi connectivity index (χ0n) is 19.2. The molecule has 1 heterocycles. The van der Waals surface area contributed by atoms with E-state index in [9.17, 15) is 31.5 Å². The van der Waals surface area contributed by atoms with E-state index in [2.05, 4.69) is 20.6 Å². The van der Waals surface area contributed by atoms with E-state index >= 15 is 0 Å². The van der Waals surface area contributed by atoms with E-state index in [4.69, 9.17) is 4.74 Å². The zero-order chi connectivity index (χ0) is 26.6. The fourth-order valence-corrected chi connectivity index (χ4v) is 3.56. The summed E-state index contributed by atoms with van der Waals surface area (Å²) in [6, 6.07) is 5.37. The van der Waals surface area contributed by atoms with Gasteiger partial charge in [-0.25, -0.2) is 23.5 Å². The molecule has 0 spiro atoms. The molecule has 2 aromatic carbocycles. The highest BCUT2D eigenvalue weighted by atomic mass is 19.4. The van der Waals surface area contributed by atoms with Gasteiger partial charge in [-0.05, 0) is 49.9 Å². The summed E-state index contributed by atoms with van der Waals surface area (Å²) in [6.45, 7) is 0. The van der Waals surface area contributed by atoms with E-state index < -0.39 is 35.1 Å². The molecule has 7 nitrogen and oxygen atoms in total. The Bertz CT molecular complexity index is 1310. The van der Waals surface area contributed by atoms with E-state index in [0.29, 0.717) is 43.2 Å². The van der Waals surface area contributed by atoms with Gasteiger partial charge in [0.1, 0.15) is 29.5 Å². The third-order valence-electron chi connectivity index (χ3n) is 5.42. The molecule has 1 aliphatic rings. The van der Waals surface area contributed by atoms with Gasteiger partial charge in [-0.1, -0.05) is 0 Å². The zero-order valence-corrected chi connectivity index (χ0v) is 19.2.